The van der Waals surface area contributed by atoms with Gasteiger partial charge < -0.3 is 14.4 Å². The molecule has 0 aromatic carbocycles. The van der Waals surface area contributed by atoms with Gasteiger partial charge in [-0.05, 0) is 37.5 Å². The first kappa shape index (κ1) is 12.3. The summed E-state index contributed by atoms with van der Waals surface area (Å²) < 4.78 is 5.10. The number of carboxylic acids is 1. The van der Waals surface area contributed by atoms with Crippen LogP contribution >= 0.6 is 0 Å². The number of aromatic carboxylic acids is 1. The van der Waals surface area contributed by atoms with Gasteiger partial charge in [-0.15, -0.1) is 0 Å². The lowest BCUT2D eigenvalue weighted by Gasteiger charge is -2.21. The van der Waals surface area contributed by atoms with E-state index in [1.165, 1.54) is 31.7 Å². The molecule has 2 saturated carbocycles. The fourth-order valence-corrected chi connectivity index (χ4v) is 2.18. The molecule has 0 atom stereocenters. The number of hydrogen-bond acceptors (Lipinski definition) is 3. The smallest absolute Gasteiger partial charge is 0.338 e. The Kier molecular flexibility index (Phi) is 3.05. The van der Waals surface area contributed by atoms with E-state index in [0.29, 0.717) is 11.8 Å². The van der Waals surface area contributed by atoms with E-state index in [9.17, 15) is 9.59 Å². The zero-order valence-electron chi connectivity index (χ0n) is 10.7. The van der Waals surface area contributed by atoms with Gasteiger partial charge in [-0.3, -0.25) is 4.79 Å². The van der Waals surface area contributed by atoms with Crippen LogP contribution in [0, 0.1) is 11.8 Å². The standard InChI is InChI=1S/C14H17NO4/c16-13(12-5-11(8-19-12)14(17)18)15(6-9-1-2-9)7-10-3-4-10/h5,8-10H,1-4,6-7H2,(H,17,18). The predicted octanol–water partition coefficient (Wildman–Crippen LogP) is 2.24. The molecule has 1 aromatic rings. The molecule has 0 bridgehead atoms. The lowest BCUT2D eigenvalue weighted by Crippen LogP contribution is -2.34. The summed E-state index contributed by atoms with van der Waals surface area (Å²) in [6.07, 6.45) is 5.88. The molecule has 102 valence electrons. The quantitative estimate of drug-likeness (QED) is 0.854. The van der Waals surface area contributed by atoms with Crippen LogP contribution in [0.4, 0.5) is 0 Å². The largest absolute Gasteiger partial charge is 0.478 e. The molecule has 0 aliphatic heterocycles. The molecule has 1 amide bonds. The van der Waals surface area contributed by atoms with Crippen LogP contribution in [-0.2, 0) is 0 Å². The van der Waals surface area contributed by atoms with Crippen LogP contribution in [0.2, 0.25) is 0 Å². The van der Waals surface area contributed by atoms with Crippen molar-refractivity contribution >= 4 is 11.9 Å². The summed E-state index contributed by atoms with van der Waals surface area (Å²) in [4.78, 5) is 25.0. The third kappa shape index (κ3) is 2.97. The summed E-state index contributed by atoms with van der Waals surface area (Å²) in [5.41, 5.74) is 0.0288. The van der Waals surface area contributed by atoms with Crippen LogP contribution in [0.1, 0.15) is 46.6 Å². The second-order valence-electron chi connectivity index (χ2n) is 5.60. The molecule has 19 heavy (non-hydrogen) atoms. The van der Waals surface area contributed by atoms with E-state index in [1.807, 2.05) is 4.90 Å². The topological polar surface area (TPSA) is 70.7 Å². The van der Waals surface area contributed by atoms with Gasteiger partial charge in [0.15, 0.2) is 5.76 Å². The van der Waals surface area contributed by atoms with Gasteiger partial charge in [0.05, 0.1) is 5.56 Å². The number of carbonyl (C=O) groups is 2. The van der Waals surface area contributed by atoms with Crippen LogP contribution < -0.4 is 0 Å². The third-order valence-electron chi connectivity index (χ3n) is 3.70. The third-order valence-corrected chi connectivity index (χ3v) is 3.70. The Balaban J connectivity index is 1.71. The lowest BCUT2D eigenvalue weighted by atomic mass is 10.2. The molecular formula is C14H17NO4. The van der Waals surface area contributed by atoms with Gasteiger partial charge in [0.2, 0.25) is 0 Å². The Morgan fingerprint density at radius 3 is 2.21 bits per heavy atom. The van der Waals surface area contributed by atoms with Gasteiger partial charge in [0, 0.05) is 19.2 Å². The number of carbonyl (C=O) groups excluding carboxylic acids is 1. The lowest BCUT2D eigenvalue weighted by molar-refractivity contribution is 0.0691. The molecule has 0 saturated heterocycles. The van der Waals surface area contributed by atoms with Crippen molar-refractivity contribution in [1.82, 2.24) is 4.90 Å². The minimum Gasteiger partial charge on any atom is -0.478 e. The van der Waals surface area contributed by atoms with Crippen molar-refractivity contribution in [2.75, 3.05) is 13.1 Å². The first-order valence-corrected chi connectivity index (χ1v) is 6.74. The maximum atomic E-state index is 12.3. The van der Waals surface area contributed by atoms with Gasteiger partial charge in [0.25, 0.3) is 5.91 Å². The molecule has 0 spiro atoms. The summed E-state index contributed by atoms with van der Waals surface area (Å²) >= 11 is 0. The highest BCUT2D eigenvalue weighted by molar-refractivity contribution is 5.95. The molecule has 1 heterocycles. The Bertz CT molecular complexity index is 485. The van der Waals surface area contributed by atoms with Crippen LogP contribution in [0.3, 0.4) is 0 Å². The number of nitrogens with zero attached hydrogens (tertiary/aromatic N) is 1. The second kappa shape index (κ2) is 4.72. The van der Waals surface area contributed by atoms with E-state index in [0.717, 1.165) is 19.4 Å². The van der Waals surface area contributed by atoms with Crippen molar-refractivity contribution in [1.29, 1.82) is 0 Å². The first-order chi connectivity index (χ1) is 9.13. The highest BCUT2D eigenvalue weighted by Gasteiger charge is 2.33. The Labute approximate surface area is 111 Å². The molecular weight excluding hydrogens is 246 g/mol. The molecule has 0 radical (unpaired) electrons. The van der Waals surface area contributed by atoms with Crippen molar-refractivity contribution in [2.24, 2.45) is 11.8 Å². The molecule has 1 aromatic heterocycles. The molecule has 0 unspecified atom stereocenters. The molecule has 1 N–H and O–H groups in total. The van der Waals surface area contributed by atoms with Crippen LogP contribution in [0.25, 0.3) is 0 Å². The predicted molar refractivity (Wildman–Crippen MR) is 67.0 cm³/mol. The van der Waals surface area contributed by atoms with Gasteiger partial charge in [-0.25, -0.2) is 4.79 Å². The molecule has 5 nitrogen and oxygen atoms in total. The number of furan rings is 1. The summed E-state index contributed by atoms with van der Waals surface area (Å²) in [5, 5.41) is 8.84. The summed E-state index contributed by atoms with van der Waals surface area (Å²) in [6.45, 7) is 1.55. The van der Waals surface area contributed by atoms with E-state index in [1.54, 1.807) is 0 Å². The fraction of sp³-hybridized carbons (Fsp3) is 0.571. The SMILES string of the molecule is O=C(O)c1coc(C(=O)N(CC2CC2)CC2CC2)c1. The van der Waals surface area contributed by atoms with Crippen LogP contribution in [0.15, 0.2) is 16.7 Å². The van der Waals surface area contributed by atoms with Crippen molar-refractivity contribution in [3.05, 3.63) is 23.7 Å². The number of rotatable bonds is 6. The Hall–Kier alpha value is -1.78. The number of amides is 1. The average molecular weight is 263 g/mol. The summed E-state index contributed by atoms with van der Waals surface area (Å²) in [7, 11) is 0. The maximum absolute atomic E-state index is 12.3. The fourth-order valence-electron chi connectivity index (χ4n) is 2.18. The monoisotopic (exact) mass is 263 g/mol. The van der Waals surface area contributed by atoms with Gasteiger partial charge in [-0.2, -0.15) is 0 Å². The van der Waals surface area contributed by atoms with Gasteiger partial charge in [0.1, 0.15) is 6.26 Å². The van der Waals surface area contributed by atoms with E-state index in [2.05, 4.69) is 0 Å². The van der Waals surface area contributed by atoms with E-state index >= 15 is 0 Å². The van der Waals surface area contributed by atoms with E-state index < -0.39 is 5.97 Å². The number of carboxylic acid groups (broad SMARTS) is 1. The molecule has 3 rings (SSSR count). The minimum absolute atomic E-state index is 0.0288. The summed E-state index contributed by atoms with van der Waals surface area (Å²) in [5.74, 6) is 0.136. The first-order valence-electron chi connectivity index (χ1n) is 6.74. The normalized spacial score (nSPS) is 18.3. The Morgan fingerprint density at radius 1 is 1.21 bits per heavy atom. The van der Waals surface area contributed by atoms with Gasteiger partial charge >= 0.3 is 5.97 Å². The molecule has 2 fully saturated rings. The number of hydrogen-bond donors (Lipinski definition) is 1. The highest BCUT2D eigenvalue weighted by Crippen LogP contribution is 2.34. The van der Waals surface area contributed by atoms with E-state index in [4.69, 9.17) is 9.52 Å². The molecule has 2 aliphatic carbocycles. The van der Waals surface area contributed by atoms with Crippen molar-refractivity contribution in [3.63, 3.8) is 0 Å². The Morgan fingerprint density at radius 2 is 1.79 bits per heavy atom. The zero-order chi connectivity index (χ0) is 13.4. The molecule has 5 heteroatoms. The summed E-state index contributed by atoms with van der Waals surface area (Å²) in [6, 6.07) is 1.32. The van der Waals surface area contributed by atoms with E-state index in [-0.39, 0.29) is 17.2 Å². The van der Waals surface area contributed by atoms with Crippen molar-refractivity contribution in [2.45, 2.75) is 25.7 Å². The molecule has 2 aliphatic rings. The van der Waals surface area contributed by atoms with Crippen molar-refractivity contribution < 1.29 is 19.1 Å². The van der Waals surface area contributed by atoms with Gasteiger partial charge in [-0.1, -0.05) is 0 Å². The van der Waals surface area contributed by atoms with Crippen molar-refractivity contribution in [3.8, 4) is 0 Å². The maximum Gasteiger partial charge on any atom is 0.338 e. The highest BCUT2D eigenvalue weighted by atomic mass is 16.4. The minimum atomic E-state index is -1.07. The average Bonchev–Trinajstić information content (AvgIpc) is 3.29. The second-order valence-corrected chi connectivity index (χ2v) is 5.60. The zero-order valence-corrected chi connectivity index (χ0v) is 10.7. The van der Waals surface area contributed by atoms with Crippen LogP contribution in [-0.4, -0.2) is 35.0 Å². The van der Waals surface area contributed by atoms with Crippen LogP contribution in [0.5, 0.6) is 0 Å².